The molecule has 1 atom stereocenters. The number of amides is 2. The molecule has 2 aromatic rings. The molecule has 1 heterocycles. The maximum Gasteiger partial charge on any atom is 0.241 e. The second-order valence-corrected chi connectivity index (χ2v) is 8.61. The van der Waals surface area contributed by atoms with Crippen LogP contribution in [0.15, 0.2) is 36.4 Å². The van der Waals surface area contributed by atoms with Crippen molar-refractivity contribution in [2.24, 2.45) is 0 Å². The van der Waals surface area contributed by atoms with E-state index in [0.29, 0.717) is 11.6 Å². The number of piperazine rings is 1. The zero-order chi connectivity index (χ0) is 22.5. The molecular formula is C24H31ClN4O2. The third kappa shape index (κ3) is 5.85. The molecule has 1 aliphatic rings. The maximum absolute atomic E-state index is 12.7. The van der Waals surface area contributed by atoms with Gasteiger partial charge < -0.3 is 10.6 Å². The van der Waals surface area contributed by atoms with Gasteiger partial charge >= 0.3 is 0 Å². The number of hydrogen-bond acceptors (Lipinski definition) is 4. The second-order valence-electron chi connectivity index (χ2n) is 8.20. The number of benzene rings is 2. The summed E-state index contributed by atoms with van der Waals surface area (Å²) in [6, 6.07) is 11.2. The summed E-state index contributed by atoms with van der Waals surface area (Å²) in [6.07, 6.45) is 0. The van der Waals surface area contributed by atoms with Crippen molar-refractivity contribution < 1.29 is 9.59 Å². The maximum atomic E-state index is 12.7. The zero-order valence-corrected chi connectivity index (χ0v) is 19.4. The summed E-state index contributed by atoms with van der Waals surface area (Å²) in [6.45, 7) is 11.1. The fraction of sp³-hybridized carbons (Fsp3) is 0.417. The number of nitrogens with one attached hydrogen (secondary N) is 2. The van der Waals surface area contributed by atoms with E-state index >= 15 is 0 Å². The molecule has 0 aromatic heterocycles. The lowest BCUT2D eigenvalue weighted by Crippen LogP contribution is -2.53. The fourth-order valence-corrected chi connectivity index (χ4v) is 4.02. The quantitative estimate of drug-likeness (QED) is 0.713. The Kier molecular flexibility index (Phi) is 7.70. The number of carbonyl (C=O) groups is 2. The van der Waals surface area contributed by atoms with Gasteiger partial charge in [-0.3, -0.25) is 19.4 Å². The molecule has 6 nitrogen and oxygen atoms in total. The van der Waals surface area contributed by atoms with Gasteiger partial charge in [0.1, 0.15) is 0 Å². The van der Waals surface area contributed by atoms with E-state index in [0.717, 1.165) is 54.2 Å². The number of para-hydroxylation sites is 1. The van der Waals surface area contributed by atoms with Crippen LogP contribution >= 0.6 is 11.6 Å². The molecule has 1 unspecified atom stereocenters. The Morgan fingerprint density at radius 2 is 1.58 bits per heavy atom. The predicted molar refractivity (Wildman–Crippen MR) is 127 cm³/mol. The monoisotopic (exact) mass is 442 g/mol. The van der Waals surface area contributed by atoms with Crippen LogP contribution in [0, 0.1) is 20.8 Å². The lowest BCUT2D eigenvalue weighted by atomic mass is 10.1. The SMILES string of the molecule is Cc1cccc(C)c1NC(=O)CN1CCN(C(C)C(=O)Nc2cccc(Cl)c2C)CC1. The van der Waals surface area contributed by atoms with Crippen molar-refractivity contribution in [2.45, 2.75) is 33.7 Å². The van der Waals surface area contributed by atoms with Gasteiger partial charge in [-0.25, -0.2) is 0 Å². The van der Waals surface area contributed by atoms with Crippen LogP contribution in [0.3, 0.4) is 0 Å². The molecule has 2 amide bonds. The van der Waals surface area contributed by atoms with E-state index in [1.165, 1.54) is 0 Å². The molecule has 3 rings (SSSR count). The number of hydrogen-bond donors (Lipinski definition) is 2. The van der Waals surface area contributed by atoms with E-state index in [1.807, 2.05) is 64.1 Å². The first kappa shape index (κ1) is 23.3. The Bertz CT molecular complexity index is 934. The van der Waals surface area contributed by atoms with Crippen LogP contribution in [0.4, 0.5) is 11.4 Å². The lowest BCUT2D eigenvalue weighted by molar-refractivity contribution is -0.122. The number of halogens is 1. The van der Waals surface area contributed by atoms with Gasteiger partial charge in [0.2, 0.25) is 11.8 Å². The van der Waals surface area contributed by atoms with Crippen molar-refractivity contribution in [3.63, 3.8) is 0 Å². The van der Waals surface area contributed by atoms with E-state index in [2.05, 4.69) is 20.4 Å². The number of anilines is 2. The van der Waals surface area contributed by atoms with Crippen molar-refractivity contribution >= 4 is 34.8 Å². The van der Waals surface area contributed by atoms with E-state index in [9.17, 15) is 9.59 Å². The summed E-state index contributed by atoms with van der Waals surface area (Å²) in [5.41, 5.74) is 4.63. The molecule has 166 valence electrons. The molecule has 7 heteroatoms. The number of rotatable bonds is 6. The van der Waals surface area contributed by atoms with Crippen LogP contribution in [0.5, 0.6) is 0 Å². The van der Waals surface area contributed by atoms with Crippen molar-refractivity contribution in [1.29, 1.82) is 0 Å². The standard InChI is InChI=1S/C24H31ClN4O2/c1-16-7-5-8-17(2)23(16)27-22(30)15-28-11-13-29(14-12-28)19(4)24(31)26-21-10-6-9-20(25)18(21)3/h5-10,19H,11-15H2,1-4H3,(H,26,31)(H,27,30). The highest BCUT2D eigenvalue weighted by atomic mass is 35.5. The summed E-state index contributed by atoms with van der Waals surface area (Å²) in [7, 11) is 0. The van der Waals surface area contributed by atoms with E-state index in [4.69, 9.17) is 11.6 Å². The molecule has 0 saturated carbocycles. The molecule has 31 heavy (non-hydrogen) atoms. The third-order valence-electron chi connectivity index (χ3n) is 5.97. The first-order valence-electron chi connectivity index (χ1n) is 10.6. The van der Waals surface area contributed by atoms with Gasteiger partial charge in [-0.1, -0.05) is 35.9 Å². The fourth-order valence-electron chi connectivity index (χ4n) is 3.85. The first-order chi connectivity index (χ1) is 14.8. The number of aryl methyl sites for hydroxylation is 2. The number of carbonyl (C=O) groups excluding carboxylic acids is 2. The van der Waals surface area contributed by atoms with Crippen molar-refractivity contribution in [2.75, 3.05) is 43.4 Å². The zero-order valence-electron chi connectivity index (χ0n) is 18.7. The van der Waals surface area contributed by atoms with Gasteiger partial charge in [-0.15, -0.1) is 0 Å². The summed E-state index contributed by atoms with van der Waals surface area (Å²) in [5, 5.41) is 6.67. The number of nitrogens with zero attached hydrogens (tertiary/aromatic N) is 2. The summed E-state index contributed by atoms with van der Waals surface area (Å²) < 4.78 is 0. The highest BCUT2D eigenvalue weighted by Crippen LogP contribution is 2.23. The largest absolute Gasteiger partial charge is 0.324 e. The minimum atomic E-state index is -0.260. The Morgan fingerprint density at radius 1 is 0.968 bits per heavy atom. The Morgan fingerprint density at radius 3 is 2.23 bits per heavy atom. The Balaban J connectivity index is 1.49. The van der Waals surface area contributed by atoms with Gasteiger partial charge in [0, 0.05) is 42.6 Å². The van der Waals surface area contributed by atoms with Crippen LogP contribution < -0.4 is 10.6 Å². The topological polar surface area (TPSA) is 64.7 Å². The molecule has 2 aromatic carbocycles. The van der Waals surface area contributed by atoms with Crippen LogP contribution in [-0.2, 0) is 9.59 Å². The normalized spacial score (nSPS) is 16.0. The molecule has 1 aliphatic heterocycles. The molecule has 1 fully saturated rings. The minimum Gasteiger partial charge on any atom is -0.324 e. The lowest BCUT2D eigenvalue weighted by Gasteiger charge is -2.37. The van der Waals surface area contributed by atoms with Crippen molar-refractivity contribution in [3.8, 4) is 0 Å². The van der Waals surface area contributed by atoms with Crippen LogP contribution in [0.2, 0.25) is 5.02 Å². The average molecular weight is 443 g/mol. The van der Waals surface area contributed by atoms with Gasteiger partial charge in [-0.2, -0.15) is 0 Å². The van der Waals surface area contributed by atoms with E-state index < -0.39 is 0 Å². The highest BCUT2D eigenvalue weighted by molar-refractivity contribution is 6.31. The van der Waals surface area contributed by atoms with Gasteiger partial charge in [0.05, 0.1) is 12.6 Å². The molecule has 1 saturated heterocycles. The summed E-state index contributed by atoms with van der Waals surface area (Å²) in [4.78, 5) is 29.5. The Hall–Kier alpha value is -2.41. The third-order valence-corrected chi connectivity index (χ3v) is 6.38. The Labute approximate surface area is 189 Å². The molecule has 0 bridgehead atoms. The van der Waals surface area contributed by atoms with E-state index in [1.54, 1.807) is 0 Å². The van der Waals surface area contributed by atoms with Gasteiger partial charge in [-0.05, 0) is 56.5 Å². The molecular weight excluding hydrogens is 412 g/mol. The van der Waals surface area contributed by atoms with Crippen molar-refractivity contribution in [3.05, 3.63) is 58.1 Å². The minimum absolute atomic E-state index is 0.00641. The van der Waals surface area contributed by atoms with Gasteiger partial charge in [0.15, 0.2) is 0 Å². The summed E-state index contributed by atoms with van der Waals surface area (Å²) in [5.74, 6) is -0.0559. The molecule has 0 spiro atoms. The molecule has 2 N–H and O–H groups in total. The smallest absolute Gasteiger partial charge is 0.241 e. The van der Waals surface area contributed by atoms with Gasteiger partial charge in [0.25, 0.3) is 0 Å². The molecule has 0 radical (unpaired) electrons. The van der Waals surface area contributed by atoms with E-state index in [-0.39, 0.29) is 17.9 Å². The molecule has 0 aliphatic carbocycles. The van der Waals surface area contributed by atoms with Crippen LogP contribution in [0.1, 0.15) is 23.6 Å². The van der Waals surface area contributed by atoms with Crippen LogP contribution in [0.25, 0.3) is 0 Å². The van der Waals surface area contributed by atoms with Crippen molar-refractivity contribution in [1.82, 2.24) is 9.80 Å². The average Bonchev–Trinajstić information content (AvgIpc) is 2.74. The highest BCUT2D eigenvalue weighted by Gasteiger charge is 2.26. The first-order valence-corrected chi connectivity index (χ1v) is 11.0. The van der Waals surface area contributed by atoms with Crippen LogP contribution in [-0.4, -0.2) is 60.4 Å². The predicted octanol–water partition coefficient (Wildman–Crippen LogP) is 3.85. The second kappa shape index (κ2) is 10.3. The summed E-state index contributed by atoms with van der Waals surface area (Å²) >= 11 is 6.15.